The Labute approximate surface area is 91.9 Å². The Balaban J connectivity index is 2.81. The highest BCUT2D eigenvalue weighted by atomic mass is 16.5. The van der Waals surface area contributed by atoms with E-state index in [1.54, 1.807) is 0 Å². The minimum atomic E-state index is -0.538. The van der Waals surface area contributed by atoms with Gasteiger partial charge in [-0.05, 0) is 44.4 Å². The first-order valence-corrected chi connectivity index (χ1v) is 5.43. The topological polar surface area (TPSA) is 29.5 Å². The summed E-state index contributed by atoms with van der Waals surface area (Å²) in [5, 5.41) is 10.0. The van der Waals surface area contributed by atoms with Crippen LogP contribution in [0.4, 0.5) is 0 Å². The highest BCUT2D eigenvalue weighted by molar-refractivity contribution is 5.31. The highest BCUT2D eigenvalue weighted by Crippen LogP contribution is 2.21. The number of aryl methyl sites for hydroxylation is 2. The summed E-state index contributed by atoms with van der Waals surface area (Å²) in [6, 6.07) is 6.02. The molecule has 1 aromatic carbocycles. The van der Waals surface area contributed by atoms with Crippen LogP contribution in [-0.2, 0) is 4.74 Å². The van der Waals surface area contributed by atoms with Crippen LogP contribution in [0.2, 0.25) is 0 Å². The lowest BCUT2D eigenvalue weighted by Crippen LogP contribution is -2.18. The molecule has 84 valence electrons. The lowest BCUT2D eigenvalue weighted by molar-refractivity contribution is -0.0227. The van der Waals surface area contributed by atoms with Crippen molar-refractivity contribution in [2.45, 2.75) is 39.9 Å². The maximum Gasteiger partial charge on any atom is 0.105 e. The lowest BCUT2D eigenvalue weighted by atomic mass is 10.0. The molecule has 0 spiro atoms. The van der Waals surface area contributed by atoms with Gasteiger partial charge in [-0.1, -0.05) is 18.2 Å². The number of hydrogen-bond donors (Lipinski definition) is 1. The Morgan fingerprint density at radius 3 is 2.47 bits per heavy atom. The van der Waals surface area contributed by atoms with E-state index in [9.17, 15) is 5.11 Å². The Morgan fingerprint density at radius 2 is 1.93 bits per heavy atom. The quantitative estimate of drug-likeness (QED) is 0.824. The van der Waals surface area contributed by atoms with Gasteiger partial charge in [0.25, 0.3) is 0 Å². The predicted molar refractivity (Wildman–Crippen MR) is 62.0 cm³/mol. The summed E-state index contributed by atoms with van der Waals surface area (Å²) in [5.74, 6) is 0. The second-order valence-electron chi connectivity index (χ2n) is 3.95. The van der Waals surface area contributed by atoms with E-state index >= 15 is 0 Å². The third kappa shape index (κ3) is 3.05. The van der Waals surface area contributed by atoms with E-state index in [4.69, 9.17) is 4.74 Å². The summed E-state index contributed by atoms with van der Waals surface area (Å²) in [6.45, 7) is 8.57. The zero-order valence-corrected chi connectivity index (χ0v) is 9.95. The van der Waals surface area contributed by atoms with E-state index in [-0.39, 0.29) is 6.10 Å². The Bertz CT molecular complexity index is 320. The van der Waals surface area contributed by atoms with Gasteiger partial charge in [0, 0.05) is 6.61 Å². The number of aliphatic hydroxyl groups excluding tert-OH is 1. The molecule has 0 aliphatic carbocycles. The molecule has 2 heteroatoms. The van der Waals surface area contributed by atoms with Gasteiger partial charge in [-0.15, -0.1) is 0 Å². The molecule has 2 unspecified atom stereocenters. The van der Waals surface area contributed by atoms with Crippen molar-refractivity contribution in [3.8, 4) is 0 Å². The average molecular weight is 208 g/mol. The third-order valence-electron chi connectivity index (χ3n) is 2.75. The molecule has 1 rings (SSSR count). The summed E-state index contributed by atoms with van der Waals surface area (Å²) in [4.78, 5) is 0. The van der Waals surface area contributed by atoms with Crippen LogP contribution in [0, 0.1) is 13.8 Å². The molecule has 0 aliphatic rings. The van der Waals surface area contributed by atoms with Gasteiger partial charge in [0.2, 0.25) is 0 Å². The second kappa shape index (κ2) is 5.29. The predicted octanol–water partition coefficient (Wildman–Crippen LogP) is 2.76. The van der Waals surface area contributed by atoms with Crippen LogP contribution < -0.4 is 0 Å². The van der Waals surface area contributed by atoms with Gasteiger partial charge in [-0.2, -0.15) is 0 Å². The molecule has 0 fully saturated rings. The zero-order chi connectivity index (χ0) is 11.4. The van der Waals surface area contributed by atoms with Crippen LogP contribution in [-0.4, -0.2) is 17.8 Å². The second-order valence-corrected chi connectivity index (χ2v) is 3.95. The van der Waals surface area contributed by atoms with Crippen molar-refractivity contribution in [1.29, 1.82) is 0 Å². The summed E-state index contributed by atoms with van der Waals surface area (Å²) in [7, 11) is 0. The first-order chi connectivity index (χ1) is 7.06. The molecule has 0 heterocycles. The van der Waals surface area contributed by atoms with Crippen LogP contribution in [0.3, 0.4) is 0 Å². The largest absolute Gasteiger partial charge is 0.386 e. The van der Waals surface area contributed by atoms with Crippen LogP contribution in [0.1, 0.15) is 36.6 Å². The van der Waals surface area contributed by atoms with Crippen molar-refractivity contribution < 1.29 is 9.84 Å². The van der Waals surface area contributed by atoms with Gasteiger partial charge in [0.15, 0.2) is 0 Å². The number of aliphatic hydroxyl groups is 1. The molecule has 15 heavy (non-hydrogen) atoms. The minimum Gasteiger partial charge on any atom is -0.386 e. The smallest absolute Gasteiger partial charge is 0.105 e. The van der Waals surface area contributed by atoms with Gasteiger partial charge in [0.05, 0.1) is 6.10 Å². The van der Waals surface area contributed by atoms with Gasteiger partial charge >= 0.3 is 0 Å². The average Bonchev–Trinajstić information content (AvgIpc) is 2.21. The molecule has 0 radical (unpaired) electrons. The van der Waals surface area contributed by atoms with Crippen molar-refractivity contribution in [1.82, 2.24) is 0 Å². The standard InChI is InChI=1S/C13H20O2/c1-5-15-11(4)13(14)12-7-6-9(2)10(3)8-12/h6-8,11,13-14H,5H2,1-4H3. The Morgan fingerprint density at radius 1 is 1.27 bits per heavy atom. The molecular weight excluding hydrogens is 188 g/mol. The van der Waals surface area contributed by atoms with Crippen LogP contribution in [0.5, 0.6) is 0 Å². The fourth-order valence-electron chi connectivity index (χ4n) is 1.57. The summed E-state index contributed by atoms with van der Waals surface area (Å²) < 4.78 is 5.38. The number of benzene rings is 1. The van der Waals surface area contributed by atoms with Gasteiger partial charge in [0.1, 0.15) is 6.10 Å². The van der Waals surface area contributed by atoms with Crippen molar-refractivity contribution in [3.63, 3.8) is 0 Å². The fraction of sp³-hybridized carbons (Fsp3) is 0.538. The van der Waals surface area contributed by atoms with Crippen LogP contribution >= 0.6 is 0 Å². The fourth-order valence-corrected chi connectivity index (χ4v) is 1.57. The Hall–Kier alpha value is -0.860. The molecule has 1 aromatic rings. The van der Waals surface area contributed by atoms with E-state index in [0.29, 0.717) is 6.61 Å². The Kier molecular flexibility index (Phi) is 4.30. The van der Waals surface area contributed by atoms with E-state index in [1.165, 1.54) is 11.1 Å². The summed E-state index contributed by atoms with van der Waals surface area (Å²) >= 11 is 0. The monoisotopic (exact) mass is 208 g/mol. The highest BCUT2D eigenvalue weighted by Gasteiger charge is 2.16. The van der Waals surface area contributed by atoms with E-state index in [1.807, 2.05) is 32.0 Å². The normalized spacial score (nSPS) is 15.0. The van der Waals surface area contributed by atoms with Gasteiger partial charge in [-0.3, -0.25) is 0 Å². The van der Waals surface area contributed by atoms with Crippen molar-refractivity contribution in [2.24, 2.45) is 0 Å². The molecule has 0 amide bonds. The maximum absolute atomic E-state index is 10.0. The van der Waals surface area contributed by atoms with E-state index in [0.717, 1.165) is 5.56 Å². The molecule has 0 saturated carbocycles. The molecular formula is C13H20O2. The van der Waals surface area contributed by atoms with Crippen LogP contribution in [0.15, 0.2) is 18.2 Å². The molecule has 0 saturated heterocycles. The van der Waals surface area contributed by atoms with E-state index < -0.39 is 6.10 Å². The van der Waals surface area contributed by atoms with Crippen LogP contribution in [0.25, 0.3) is 0 Å². The zero-order valence-electron chi connectivity index (χ0n) is 9.95. The van der Waals surface area contributed by atoms with Crippen molar-refractivity contribution in [2.75, 3.05) is 6.61 Å². The maximum atomic E-state index is 10.0. The molecule has 2 atom stereocenters. The van der Waals surface area contributed by atoms with Crippen molar-refractivity contribution >= 4 is 0 Å². The van der Waals surface area contributed by atoms with Crippen molar-refractivity contribution in [3.05, 3.63) is 34.9 Å². The summed E-state index contributed by atoms with van der Waals surface area (Å²) in [5.41, 5.74) is 3.38. The van der Waals surface area contributed by atoms with Gasteiger partial charge < -0.3 is 9.84 Å². The molecule has 2 nitrogen and oxygen atoms in total. The molecule has 0 bridgehead atoms. The number of hydrogen-bond acceptors (Lipinski definition) is 2. The van der Waals surface area contributed by atoms with Gasteiger partial charge in [-0.25, -0.2) is 0 Å². The third-order valence-corrected chi connectivity index (χ3v) is 2.75. The number of rotatable bonds is 4. The molecule has 0 aromatic heterocycles. The molecule has 1 N–H and O–H groups in total. The van der Waals surface area contributed by atoms with E-state index in [2.05, 4.69) is 13.8 Å². The first-order valence-electron chi connectivity index (χ1n) is 5.43. The lowest BCUT2D eigenvalue weighted by Gasteiger charge is -2.19. The summed E-state index contributed by atoms with van der Waals surface area (Å²) in [6.07, 6.45) is -0.693. The molecule has 0 aliphatic heterocycles. The first kappa shape index (κ1) is 12.2. The number of ether oxygens (including phenoxy) is 1. The SMILES string of the molecule is CCOC(C)C(O)c1ccc(C)c(C)c1. The minimum absolute atomic E-state index is 0.155.